The van der Waals surface area contributed by atoms with E-state index in [9.17, 15) is 43.4 Å². The van der Waals surface area contributed by atoms with Crippen LogP contribution in [0.2, 0.25) is 0 Å². The lowest BCUT2D eigenvalue weighted by Crippen LogP contribution is -2.66. The Morgan fingerprint density at radius 1 is 0.422 bits per heavy atom. The largest absolute Gasteiger partial charge is 0.470 e. The number of unbranched alkanes of at least 4 members (excludes halogenated alkanes) is 33. The predicted octanol–water partition coefficient (Wildman–Crippen LogP) is 16.5. The van der Waals surface area contributed by atoms with E-state index >= 15 is 0 Å². The molecule has 0 aromatic rings. The van der Waals surface area contributed by atoms with Gasteiger partial charge in [0.25, 0.3) is 0 Å². The molecule has 1 aliphatic rings. The number of ether oxygens (including phenoxy) is 6. The molecule has 1 saturated heterocycles. The zero-order chi connectivity index (χ0) is 66.2. The Hall–Kier alpha value is -1.12. The zero-order valence-electron chi connectivity index (χ0n) is 58.0. The third kappa shape index (κ3) is 50.3. The number of phosphoric ester groups is 2. The van der Waals surface area contributed by atoms with E-state index in [1.165, 1.54) is 103 Å². The van der Waals surface area contributed by atoms with Gasteiger partial charge < -0.3 is 63.7 Å². The first-order valence-corrected chi connectivity index (χ1v) is 40.0. The van der Waals surface area contributed by atoms with Crippen molar-refractivity contribution in [1.29, 1.82) is 0 Å². The van der Waals surface area contributed by atoms with Gasteiger partial charge in [0.05, 0.1) is 57.0 Å². The van der Waals surface area contributed by atoms with Crippen LogP contribution >= 0.6 is 15.6 Å². The summed E-state index contributed by atoms with van der Waals surface area (Å²) < 4.78 is 74.3. The molecule has 21 heteroatoms. The molecule has 7 N–H and O–H groups in total. The number of carbonyl (C=O) groups excluding carboxylic acids is 2. The van der Waals surface area contributed by atoms with Crippen molar-refractivity contribution in [3.05, 3.63) is 0 Å². The van der Waals surface area contributed by atoms with Crippen LogP contribution in [0, 0.1) is 0 Å². The van der Waals surface area contributed by atoms with Gasteiger partial charge in [0.15, 0.2) is 6.29 Å². The van der Waals surface area contributed by atoms with Gasteiger partial charge >= 0.3 is 15.6 Å². The van der Waals surface area contributed by atoms with E-state index in [1.807, 2.05) is 0 Å². The Morgan fingerprint density at radius 2 is 0.789 bits per heavy atom. The maximum Gasteiger partial charge on any atom is 0.470 e. The van der Waals surface area contributed by atoms with Crippen molar-refractivity contribution in [1.82, 2.24) is 10.6 Å². The first kappa shape index (κ1) is 86.9. The molecule has 2 amide bonds. The van der Waals surface area contributed by atoms with Crippen molar-refractivity contribution in [2.75, 3.05) is 46.2 Å². The normalized spacial score (nSPS) is 18.6. The molecule has 536 valence electrons. The van der Waals surface area contributed by atoms with Gasteiger partial charge in [-0.1, -0.05) is 273 Å². The molecular formula is C69H138N2O17P2. The highest BCUT2D eigenvalue weighted by Crippen LogP contribution is 2.42. The van der Waals surface area contributed by atoms with Gasteiger partial charge in [-0.3, -0.25) is 18.6 Å². The Balaban J connectivity index is 3.71. The number of nitrogens with one attached hydrogen (secondary N) is 2. The maximum atomic E-state index is 14.7. The van der Waals surface area contributed by atoms with Crippen LogP contribution in [-0.2, 0) is 56.2 Å². The molecule has 90 heavy (non-hydrogen) atoms. The Kier molecular flexibility index (Phi) is 57.1. The average Bonchev–Trinajstić information content (AvgIpc) is 1.12. The van der Waals surface area contributed by atoms with E-state index in [0.29, 0.717) is 39.1 Å². The van der Waals surface area contributed by atoms with Crippen molar-refractivity contribution in [3.8, 4) is 0 Å². The molecule has 0 radical (unpaired) electrons. The highest BCUT2D eigenvalue weighted by Gasteiger charge is 2.51. The molecule has 19 nitrogen and oxygen atoms in total. The van der Waals surface area contributed by atoms with Crippen LogP contribution in [0.4, 0.5) is 0 Å². The molecule has 0 saturated carbocycles. The fraction of sp³-hybridized carbons (Fsp3) is 0.971. The van der Waals surface area contributed by atoms with Crippen molar-refractivity contribution in [2.45, 2.75) is 385 Å². The van der Waals surface area contributed by atoms with Crippen LogP contribution in [0.25, 0.3) is 0 Å². The standard InChI is InChI=1S/C69H138N2O17P2/c1-7-13-19-25-28-31-34-37-40-46-60(81-50-43-22-16-10-4)49-53-84-68-66(71-65(74)55-62(83-52-45-24-18-12-6)48-42-39-36-33-30-27-21-15-9-3)69(87-63(56-72)67(68)88-90(78,79)80)85-57-59(58-86-89(75,76)77)70-64(73)54-61(82-51-44-23-17-11-5)47-41-38-35-32-29-26-20-14-8-2/h59-63,66-69,72H,7-58H2,1-6H3,(H,70,73)(H,71,74)(H2,75,76,77)(H2,78,79,80)/t59-,60-,61?,62+,63-,66-,67-,68-,69-/m1/s1. The number of aliphatic hydroxyl groups is 1. The predicted molar refractivity (Wildman–Crippen MR) is 361 cm³/mol. The molecule has 9 atom stereocenters. The van der Waals surface area contributed by atoms with Crippen LogP contribution in [0.1, 0.15) is 330 Å². The topological polar surface area (TPSA) is 267 Å². The summed E-state index contributed by atoms with van der Waals surface area (Å²) >= 11 is 0. The monoisotopic (exact) mass is 1330 g/mol. The molecule has 1 fully saturated rings. The van der Waals surface area contributed by atoms with Crippen LogP contribution in [0.5, 0.6) is 0 Å². The van der Waals surface area contributed by atoms with E-state index in [1.54, 1.807) is 0 Å². The second-order valence-corrected chi connectivity index (χ2v) is 28.2. The lowest BCUT2D eigenvalue weighted by atomic mass is 9.96. The van der Waals surface area contributed by atoms with Gasteiger partial charge in [-0.2, -0.15) is 0 Å². The highest BCUT2D eigenvalue weighted by molar-refractivity contribution is 7.46. The molecule has 0 bridgehead atoms. The lowest BCUT2D eigenvalue weighted by molar-refractivity contribution is -0.276. The Labute approximate surface area is 548 Å². The van der Waals surface area contributed by atoms with Gasteiger partial charge in [-0.05, 0) is 44.9 Å². The summed E-state index contributed by atoms with van der Waals surface area (Å²) in [6.45, 7) is 12.7. The van der Waals surface area contributed by atoms with Crippen LogP contribution < -0.4 is 10.6 Å². The Morgan fingerprint density at radius 3 is 1.18 bits per heavy atom. The third-order valence-corrected chi connectivity index (χ3v) is 18.2. The second-order valence-electron chi connectivity index (χ2n) is 25.8. The van der Waals surface area contributed by atoms with Gasteiger partial charge in [0.1, 0.15) is 24.4 Å². The number of carbonyl (C=O) groups is 2. The molecule has 0 aromatic carbocycles. The van der Waals surface area contributed by atoms with Gasteiger partial charge in [-0.25, -0.2) is 9.13 Å². The fourth-order valence-corrected chi connectivity index (χ4v) is 12.8. The minimum absolute atomic E-state index is 0.0117. The summed E-state index contributed by atoms with van der Waals surface area (Å²) in [6.07, 6.45) is 38.6. The van der Waals surface area contributed by atoms with Gasteiger partial charge in [-0.15, -0.1) is 0 Å². The van der Waals surface area contributed by atoms with Crippen molar-refractivity contribution in [3.63, 3.8) is 0 Å². The summed E-state index contributed by atoms with van der Waals surface area (Å²) in [6, 6.07) is -2.53. The lowest BCUT2D eigenvalue weighted by Gasteiger charge is -2.46. The number of hydrogen-bond acceptors (Lipinski definition) is 13. The number of aliphatic hydroxyl groups excluding tert-OH is 1. The summed E-state index contributed by atoms with van der Waals surface area (Å²) in [4.78, 5) is 69.4. The summed E-state index contributed by atoms with van der Waals surface area (Å²) in [7, 11) is -10.4. The molecule has 1 heterocycles. The number of amides is 2. The van der Waals surface area contributed by atoms with Crippen molar-refractivity contribution < 1.29 is 80.9 Å². The van der Waals surface area contributed by atoms with Crippen molar-refractivity contribution >= 4 is 27.5 Å². The summed E-state index contributed by atoms with van der Waals surface area (Å²) in [5.74, 6) is -0.928. The molecule has 1 unspecified atom stereocenters. The van der Waals surface area contributed by atoms with E-state index in [0.717, 1.165) is 154 Å². The van der Waals surface area contributed by atoms with Gasteiger partial charge in [0.2, 0.25) is 11.8 Å². The molecule has 1 aliphatic heterocycles. The first-order chi connectivity index (χ1) is 43.5. The number of hydrogen-bond donors (Lipinski definition) is 7. The van der Waals surface area contributed by atoms with Crippen molar-refractivity contribution in [2.24, 2.45) is 0 Å². The quantitative estimate of drug-likeness (QED) is 0.0220. The second kappa shape index (κ2) is 59.2. The van der Waals surface area contributed by atoms with E-state index in [2.05, 4.69) is 52.2 Å². The smallest absolute Gasteiger partial charge is 0.394 e. The highest BCUT2D eigenvalue weighted by atomic mass is 31.2. The zero-order valence-corrected chi connectivity index (χ0v) is 59.8. The van der Waals surface area contributed by atoms with Crippen LogP contribution in [0.15, 0.2) is 0 Å². The van der Waals surface area contributed by atoms with Crippen LogP contribution in [-0.4, -0.2) is 138 Å². The van der Waals surface area contributed by atoms with Gasteiger partial charge in [0, 0.05) is 26.4 Å². The number of rotatable bonds is 67. The molecular weight excluding hydrogens is 1190 g/mol. The number of phosphoric acid groups is 2. The minimum Gasteiger partial charge on any atom is -0.394 e. The fourth-order valence-electron chi connectivity index (χ4n) is 11.8. The Bertz CT molecular complexity index is 1730. The van der Waals surface area contributed by atoms with E-state index < -0.39 is 96.2 Å². The third-order valence-electron chi connectivity index (χ3n) is 17.2. The van der Waals surface area contributed by atoms with Crippen LogP contribution in [0.3, 0.4) is 0 Å². The summed E-state index contributed by atoms with van der Waals surface area (Å²) in [5.41, 5.74) is 0. The van der Waals surface area contributed by atoms with E-state index in [4.69, 9.17) is 37.5 Å². The molecule has 1 rings (SSSR count). The summed E-state index contributed by atoms with van der Waals surface area (Å²) in [5, 5.41) is 16.8. The molecule has 0 spiro atoms. The SMILES string of the molecule is CCCCCCCCCCCC(CC(=O)N[C@H](CO[C@@H]1O[C@H](CO)[C@@H](OP(=O)(O)O)[C@H](OCC[C@@H](CCCCCCCCCCC)OCCCCCC)[C@H]1NC(=O)C[C@H](CCCCCCCCCCC)OCCCCCC)COP(=O)(O)O)OCCCCCC. The maximum absolute atomic E-state index is 14.7. The molecule has 0 aliphatic carbocycles. The first-order valence-electron chi connectivity index (χ1n) is 36.9. The molecule has 0 aromatic heterocycles. The minimum atomic E-state index is -5.31. The van der Waals surface area contributed by atoms with E-state index in [-0.39, 0.29) is 25.6 Å². The average molecular weight is 1330 g/mol.